The number of alkyl halides is 1. The lowest BCUT2D eigenvalue weighted by molar-refractivity contribution is -0.192. The molecule has 7 nitrogen and oxygen atoms in total. The van der Waals surface area contributed by atoms with Crippen molar-refractivity contribution in [2.24, 2.45) is 28.6 Å². The van der Waals surface area contributed by atoms with E-state index in [4.69, 9.17) is 9.47 Å². The van der Waals surface area contributed by atoms with Crippen LogP contribution in [0.1, 0.15) is 53.4 Å². The van der Waals surface area contributed by atoms with Crippen LogP contribution in [0.4, 0.5) is 0 Å². The third-order valence-electron chi connectivity index (χ3n) is 8.79. The number of carbonyl (C=O) groups excluding carboxylic acids is 4. The number of hydrogen-bond acceptors (Lipinski definition) is 7. The Morgan fingerprint density at radius 2 is 1.91 bits per heavy atom. The molecule has 33 heavy (non-hydrogen) atoms. The summed E-state index contributed by atoms with van der Waals surface area (Å²) in [6.07, 6.45) is 6.81. The van der Waals surface area contributed by atoms with Gasteiger partial charge in [-0.2, -0.15) is 0 Å². The van der Waals surface area contributed by atoms with Crippen LogP contribution in [0.2, 0.25) is 0 Å². The molecule has 0 saturated heterocycles. The molecule has 0 bridgehead atoms. The summed E-state index contributed by atoms with van der Waals surface area (Å²) in [6, 6.07) is 0. The molecule has 0 spiro atoms. The number of allylic oxidation sites excluding steroid dienone is 4. The molecule has 3 fully saturated rings. The largest absolute Gasteiger partial charge is 0.462 e. The zero-order chi connectivity index (χ0) is 24.3. The topological polar surface area (TPSA) is 107 Å². The Labute approximate surface area is 207 Å². The molecule has 4 rings (SSSR count). The van der Waals surface area contributed by atoms with Gasteiger partial charge in [0.05, 0.1) is 0 Å². The summed E-state index contributed by atoms with van der Waals surface area (Å²) in [5.74, 6) is -1.45. The van der Waals surface area contributed by atoms with Gasteiger partial charge < -0.3 is 14.6 Å². The highest BCUT2D eigenvalue weighted by molar-refractivity contribution is 14.1. The molecule has 0 aliphatic heterocycles. The Balaban J connectivity index is 1.77. The minimum atomic E-state index is -1.66. The number of halogens is 1. The van der Waals surface area contributed by atoms with Crippen LogP contribution in [0.15, 0.2) is 23.8 Å². The molecule has 3 saturated carbocycles. The molecular formula is C25H31IO7. The molecule has 1 N–H and O–H groups in total. The highest BCUT2D eigenvalue weighted by Crippen LogP contribution is 2.68. The van der Waals surface area contributed by atoms with Crippen molar-refractivity contribution in [3.05, 3.63) is 23.8 Å². The summed E-state index contributed by atoms with van der Waals surface area (Å²) < 4.78 is 10.9. The minimum absolute atomic E-state index is 0.0291. The van der Waals surface area contributed by atoms with E-state index < -0.39 is 46.9 Å². The molecule has 0 amide bonds. The van der Waals surface area contributed by atoms with Gasteiger partial charge in [-0.25, -0.2) is 0 Å². The maximum absolute atomic E-state index is 13.1. The summed E-state index contributed by atoms with van der Waals surface area (Å²) >= 11 is 2.39. The van der Waals surface area contributed by atoms with Gasteiger partial charge in [-0.15, -0.1) is 0 Å². The molecule has 180 valence electrons. The first kappa shape index (κ1) is 24.6. The van der Waals surface area contributed by atoms with Gasteiger partial charge in [0.1, 0.15) is 11.7 Å². The number of rotatable bonds is 4. The average Bonchev–Trinajstić information content (AvgIpc) is 2.98. The fourth-order valence-corrected chi connectivity index (χ4v) is 8.81. The first-order valence-corrected chi connectivity index (χ1v) is 12.7. The molecule has 0 heterocycles. The minimum Gasteiger partial charge on any atom is -0.462 e. The monoisotopic (exact) mass is 570 g/mol. The molecule has 0 unspecified atom stereocenters. The Hall–Kier alpha value is -1.55. The maximum atomic E-state index is 13.1. The van der Waals surface area contributed by atoms with E-state index in [-0.39, 0.29) is 33.9 Å². The van der Waals surface area contributed by atoms with Gasteiger partial charge in [0.15, 0.2) is 12.4 Å². The fraction of sp³-hybridized carbons (Fsp3) is 0.680. The molecule has 0 aromatic carbocycles. The number of esters is 2. The number of ether oxygens (including phenoxy) is 2. The van der Waals surface area contributed by atoms with Gasteiger partial charge in [0, 0.05) is 34.5 Å². The standard InChI is InChI=1S/C25H31IO7/c1-13(27)32-12-21(30)25(31)8-6-17-16-10-19(26)18-9-15(29)5-7-23(18,3)22(16)20(33-14(2)28)11-24(17,25)4/h5,7,9,16-17,19-20,22,31H,6,8,10-12H2,1-4H3/t16-,17-,19+,20-,22+,23-,24-,25-/m0/s1. The zero-order valence-electron chi connectivity index (χ0n) is 19.4. The van der Waals surface area contributed by atoms with Crippen LogP contribution in [0.5, 0.6) is 0 Å². The van der Waals surface area contributed by atoms with Crippen LogP contribution in [0.25, 0.3) is 0 Å². The number of aliphatic hydroxyl groups is 1. The highest BCUT2D eigenvalue weighted by Gasteiger charge is 2.69. The first-order chi connectivity index (χ1) is 15.3. The second kappa shape index (κ2) is 8.29. The Kier molecular flexibility index (Phi) is 6.17. The van der Waals surface area contributed by atoms with E-state index in [1.165, 1.54) is 13.8 Å². The van der Waals surface area contributed by atoms with Crippen molar-refractivity contribution in [2.75, 3.05) is 6.61 Å². The molecule has 0 radical (unpaired) electrons. The predicted molar refractivity (Wildman–Crippen MR) is 127 cm³/mol. The number of fused-ring (bicyclic) bond motifs is 5. The summed E-state index contributed by atoms with van der Waals surface area (Å²) in [5.41, 5.74) is -1.89. The Morgan fingerprint density at radius 1 is 1.21 bits per heavy atom. The highest BCUT2D eigenvalue weighted by atomic mass is 127. The second-order valence-corrected chi connectivity index (χ2v) is 12.0. The lowest BCUT2D eigenvalue weighted by atomic mass is 9.46. The molecule has 8 heteroatoms. The van der Waals surface area contributed by atoms with E-state index in [0.717, 1.165) is 12.0 Å². The predicted octanol–water partition coefficient (Wildman–Crippen LogP) is 3.11. The average molecular weight is 570 g/mol. The fourth-order valence-electron chi connectivity index (χ4n) is 7.37. The molecule has 8 atom stereocenters. The van der Waals surface area contributed by atoms with Crippen LogP contribution in [0.3, 0.4) is 0 Å². The van der Waals surface area contributed by atoms with Gasteiger partial charge in [-0.05, 0) is 55.2 Å². The lowest BCUT2D eigenvalue weighted by Crippen LogP contribution is -2.63. The van der Waals surface area contributed by atoms with E-state index in [0.29, 0.717) is 12.8 Å². The summed E-state index contributed by atoms with van der Waals surface area (Å²) in [6.45, 7) is 6.16. The summed E-state index contributed by atoms with van der Waals surface area (Å²) in [5, 5.41) is 11.7. The lowest BCUT2D eigenvalue weighted by Gasteiger charge is -2.60. The van der Waals surface area contributed by atoms with Crippen molar-refractivity contribution in [1.29, 1.82) is 0 Å². The van der Waals surface area contributed by atoms with Gasteiger partial charge in [0.2, 0.25) is 5.78 Å². The van der Waals surface area contributed by atoms with E-state index in [1.807, 2.05) is 13.0 Å². The number of carbonyl (C=O) groups is 4. The maximum Gasteiger partial charge on any atom is 0.303 e. The van der Waals surface area contributed by atoms with Gasteiger partial charge >= 0.3 is 11.9 Å². The van der Waals surface area contributed by atoms with E-state index in [1.54, 1.807) is 12.2 Å². The van der Waals surface area contributed by atoms with Crippen molar-refractivity contribution in [3.8, 4) is 0 Å². The van der Waals surface area contributed by atoms with Crippen molar-refractivity contribution >= 4 is 46.1 Å². The van der Waals surface area contributed by atoms with Crippen LogP contribution in [0, 0.1) is 28.6 Å². The van der Waals surface area contributed by atoms with E-state index in [9.17, 15) is 24.3 Å². The molecular weight excluding hydrogens is 539 g/mol. The van der Waals surface area contributed by atoms with E-state index >= 15 is 0 Å². The number of ketones is 2. The quantitative estimate of drug-likeness (QED) is 0.315. The van der Waals surface area contributed by atoms with Gasteiger partial charge in [-0.3, -0.25) is 19.2 Å². The van der Waals surface area contributed by atoms with Gasteiger partial charge in [-0.1, -0.05) is 42.5 Å². The van der Waals surface area contributed by atoms with Crippen LogP contribution < -0.4 is 0 Å². The molecule has 0 aromatic heterocycles. The SMILES string of the molecule is CC(=O)OCC(=O)[C@@]1(O)CC[C@H]2[C@@H]3C[C@@H](I)C4=CC(=O)C=C[C@]4(C)[C@H]3[C@@H](OC(C)=O)C[C@@]21C. The van der Waals surface area contributed by atoms with Crippen LogP contribution >= 0.6 is 22.6 Å². The van der Waals surface area contributed by atoms with Gasteiger partial charge in [0.25, 0.3) is 0 Å². The number of hydrogen-bond donors (Lipinski definition) is 1. The summed E-state index contributed by atoms with van der Waals surface area (Å²) in [7, 11) is 0. The second-order valence-electron chi connectivity index (χ2n) is 10.5. The van der Waals surface area contributed by atoms with Crippen LogP contribution in [-0.4, -0.2) is 50.8 Å². The molecule has 4 aliphatic rings. The van der Waals surface area contributed by atoms with Crippen molar-refractivity contribution in [3.63, 3.8) is 0 Å². The Morgan fingerprint density at radius 3 is 2.55 bits per heavy atom. The number of Topliss-reactive ketones (excluding diaryl/α,β-unsaturated/α-hetero) is 1. The third kappa shape index (κ3) is 3.72. The normalized spacial score (nSPS) is 43.6. The van der Waals surface area contributed by atoms with Crippen molar-refractivity contribution in [2.45, 2.75) is 69.0 Å². The van der Waals surface area contributed by atoms with Crippen LogP contribution in [-0.2, 0) is 28.7 Å². The third-order valence-corrected chi connectivity index (χ3v) is 9.97. The zero-order valence-corrected chi connectivity index (χ0v) is 21.6. The van der Waals surface area contributed by atoms with E-state index in [2.05, 4.69) is 29.5 Å². The smallest absolute Gasteiger partial charge is 0.303 e. The first-order valence-electron chi connectivity index (χ1n) is 11.5. The Bertz CT molecular complexity index is 970. The van der Waals surface area contributed by atoms with Crippen molar-refractivity contribution < 1.29 is 33.8 Å². The molecule has 4 aliphatic carbocycles. The summed E-state index contributed by atoms with van der Waals surface area (Å²) in [4.78, 5) is 48.7. The van der Waals surface area contributed by atoms with Crippen molar-refractivity contribution in [1.82, 2.24) is 0 Å². The molecule has 0 aromatic rings.